The lowest BCUT2D eigenvalue weighted by molar-refractivity contribution is -0.153. The number of carbonyl (C=O) groups is 3. The van der Waals surface area contributed by atoms with Crippen LogP contribution < -0.4 is 0 Å². The lowest BCUT2D eigenvalue weighted by atomic mass is 10.4. The van der Waals surface area contributed by atoms with E-state index in [9.17, 15) is 14.4 Å². The number of carboxylic acid groups (broad SMARTS) is 1. The van der Waals surface area contributed by atoms with E-state index >= 15 is 0 Å². The Morgan fingerprint density at radius 3 is 1.53 bits per heavy atom. The predicted octanol–water partition coefficient (Wildman–Crippen LogP) is 0.276. The molecule has 0 heterocycles. The fourth-order valence-electron chi connectivity index (χ4n) is 1.32. The molecule has 0 unspecified atom stereocenters. The van der Waals surface area contributed by atoms with Gasteiger partial charge in [-0.1, -0.05) is 0 Å². The van der Waals surface area contributed by atoms with E-state index in [1.807, 2.05) is 0 Å². The summed E-state index contributed by atoms with van der Waals surface area (Å²) in [6.45, 7) is 5.79. The van der Waals surface area contributed by atoms with Gasteiger partial charge in [0.05, 0.1) is 31.8 Å². The van der Waals surface area contributed by atoms with Gasteiger partial charge in [-0.05, 0) is 27.7 Å². The van der Waals surface area contributed by atoms with Crippen molar-refractivity contribution in [1.29, 1.82) is 0 Å². The first-order valence-corrected chi connectivity index (χ1v) is 6.03. The number of carboxylic acids is 1. The Balaban J connectivity index is 4.42. The highest BCUT2D eigenvalue weighted by Gasteiger charge is 2.20. The highest BCUT2D eigenvalue weighted by molar-refractivity contribution is 5.77. The summed E-state index contributed by atoms with van der Waals surface area (Å²) in [5.74, 6) is -2.28. The van der Waals surface area contributed by atoms with E-state index in [1.165, 1.54) is 0 Å². The summed E-state index contributed by atoms with van der Waals surface area (Å²) in [6, 6.07) is 0. The molecule has 0 fully saturated rings. The second-order valence-electron chi connectivity index (χ2n) is 4.62. The smallest absolute Gasteiger partial charge is 0.320 e. The van der Waals surface area contributed by atoms with Crippen molar-refractivity contribution in [3.8, 4) is 0 Å². The Bertz CT molecular complexity index is 302. The first-order valence-electron chi connectivity index (χ1n) is 6.03. The Morgan fingerprint density at radius 2 is 1.26 bits per heavy atom. The Kier molecular flexibility index (Phi) is 7.74. The van der Waals surface area contributed by atoms with E-state index in [0.29, 0.717) is 0 Å². The molecule has 0 saturated heterocycles. The first kappa shape index (κ1) is 17.4. The number of carbonyl (C=O) groups excluding carboxylic acids is 2. The van der Waals surface area contributed by atoms with E-state index in [0.717, 1.165) is 4.90 Å². The summed E-state index contributed by atoms with van der Waals surface area (Å²) in [5.41, 5.74) is 0. The molecule has 0 spiro atoms. The maximum atomic E-state index is 11.4. The molecule has 0 aliphatic heterocycles. The largest absolute Gasteiger partial charge is 0.480 e. The third-order valence-corrected chi connectivity index (χ3v) is 1.80. The maximum Gasteiger partial charge on any atom is 0.320 e. The molecule has 0 aromatic rings. The van der Waals surface area contributed by atoms with Crippen LogP contribution in [0.5, 0.6) is 0 Å². The van der Waals surface area contributed by atoms with Crippen molar-refractivity contribution in [2.24, 2.45) is 0 Å². The molecule has 0 aliphatic carbocycles. The molecule has 0 saturated carbocycles. The SMILES string of the molecule is CC(C)OC(=O)CN(CC(=O)O)CC(=O)OC(C)C. The number of aliphatic carboxylic acids is 1. The van der Waals surface area contributed by atoms with Crippen molar-refractivity contribution < 1.29 is 29.0 Å². The molecule has 7 nitrogen and oxygen atoms in total. The molecule has 0 aromatic carbocycles. The summed E-state index contributed by atoms with van der Waals surface area (Å²) >= 11 is 0. The molecule has 0 atom stereocenters. The molecule has 110 valence electrons. The van der Waals surface area contributed by atoms with Gasteiger partial charge in [-0.2, -0.15) is 0 Å². The maximum absolute atomic E-state index is 11.4. The van der Waals surface area contributed by atoms with Crippen LogP contribution in [0.15, 0.2) is 0 Å². The Labute approximate surface area is 112 Å². The van der Waals surface area contributed by atoms with Crippen LogP contribution >= 0.6 is 0 Å². The van der Waals surface area contributed by atoms with Gasteiger partial charge in [-0.3, -0.25) is 19.3 Å². The van der Waals surface area contributed by atoms with Crippen molar-refractivity contribution in [3.05, 3.63) is 0 Å². The lowest BCUT2D eigenvalue weighted by Gasteiger charge is -2.19. The normalized spacial score (nSPS) is 10.9. The molecular weight excluding hydrogens is 254 g/mol. The van der Waals surface area contributed by atoms with Gasteiger partial charge in [0.15, 0.2) is 0 Å². The van der Waals surface area contributed by atoms with Crippen molar-refractivity contribution in [3.63, 3.8) is 0 Å². The Morgan fingerprint density at radius 1 is 0.895 bits per heavy atom. The molecule has 0 aliphatic rings. The number of ether oxygens (including phenoxy) is 2. The van der Waals surface area contributed by atoms with Gasteiger partial charge in [0.25, 0.3) is 0 Å². The topological polar surface area (TPSA) is 93.1 Å². The molecule has 0 amide bonds. The summed E-state index contributed by atoms with van der Waals surface area (Å²) < 4.78 is 9.80. The predicted molar refractivity (Wildman–Crippen MR) is 66.5 cm³/mol. The molecular formula is C12H21NO6. The monoisotopic (exact) mass is 275 g/mol. The summed E-state index contributed by atoms with van der Waals surface area (Å²) in [7, 11) is 0. The molecule has 0 bridgehead atoms. The van der Waals surface area contributed by atoms with Crippen molar-refractivity contribution in [2.45, 2.75) is 39.9 Å². The average Bonchev–Trinajstić information content (AvgIpc) is 2.11. The van der Waals surface area contributed by atoms with Crippen LogP contribution in [-0.4, -0.2) is 59.8 Å². The van der Waals surface area contributed by atoms with Gasteiger partial charge in [0, 0.05) is 0 Å². The van der Waals surface area contributed by atoms with Gasteiger partial charge >= 0.3 is 17.9 Å². The lowest BCUT2D eigenvalue weighted by Crippen LogP contribution is -2.40. The van der Waals surface area contributed by atoms with Crippen molar-refractivity contribution >= 4 is 17.9 Å². The van der Waals surface area contributed by atoms with Gasteiger partial charge < -0.3 is 14.6 Å². The third-order valence-electron chi connectivity index (χ3n) is 1.80. The van der Waals surface area contributed by atoms with Gasteiger partial charge in [0.1, 0.15) is 0 Å². The summed E-state index contributed by atoms with van der Waals surface area (Å²) in [5, 5.41) is 8.73. The van der Waals surface area contributed by atoms with Crippen molar-refractivity contribution in [1.82, 2.24) is 4.90 Å². The fraction of sp³-hybridized carbons (Fsp3) is 0.750. The van der Waals surface area contributed by atoms with Gasteiger partial charge in [0.2, 0.25) is 0 Å². The quantitative estimate of drug-likeness (QED) is 0.636. The minimum Gasteiger partial charge on any atom is -0.480 e. The number of rotatable bonds is 8. The standard InChI is InChI=1S/C12H21NO6/c1-8(2)18-11(16)6-13(5-10(14)15)7-12(17)19-9(3)4/h8-9H,5-7H2,1-4H3,(H,14,15). The van der Waals surface area contributed by atoms with Crippen LogP contribution in [0.4, 0.5) is 0 Å². The zero-order valence-electron chi connectivity index (χ0n) is 11.7. The minimum atomic E-state index is -1.13. The van der Waals surface area contributed by atoms with E-state index in [4.69, 9.17) is 14.6 Å². The van der Waals surface area contributed by atoms with Gasteiger partial charge in [-0.25, -0.2) is 0 Å². The van der Waals surface area contributed by atoms with E-state index in [1.54, 1.807) is 27.7 Å². The van der Waals surface area contributed by atoms with E-state index in [-0.39, 0.29) is 25.3 Å². The number of hydrogen-bond donors (Lipinski definition) is 1. The van der Waals surface area contributed by atoms with E-state index < -0.39 is 24.5 Å². The average molecular weight is 275 g/mol. The second kappa shape index (κ2) is 8.47. The number of hydrogen-bond acceptors (Lipinski definition) is 6. The van der Waals surface area contributed by atoms with Crippen molar-refractivity contribution in [2.75, 3.05) is 19.6 Å². The van der Waals surface area contributed by atoms with Crippen LogP contribution in [-0.2, 0) is 23.9 Å². The van der Waals surface area contributed by atoms with Crippen LogP contribution in [0.25, 0.3) is 0 Å². The highest BCUT2D eigenvalue weighted by Crippen LogP contribution is 1.97. The summed E-state index contributed by atoms with van der Waals surface area (Å²) in [6.07, 6.45) is -0.580. The number of esters is 2. The van der Waals surface area contributed by atoms with Crippen LogP contribution in [0.3, 0.4) is 0 Å². The van der Waals surface area contributed by atoms with Crippen LogP contribution in [0, 0.1) is 0 Å². The summed E-state index contributed by atoms with van der Waals surface area (Å²) in [4.78, 5) is 34.7. The molecule has 0 radical (unpaired) electrons. The molecule has 7 heteroatoms. The highest BCUT2D eigenvalue weighted by atomic mass is 16.5. The van der Waals surface area contributed by atoms with Crippen LogP contribution in [0.1, 0.15) is 27.7 Å². The van der Waals surface area contributed by atoms with Gasteiger partial charge in [-0.15, -0.1) is 0 Å². The molecule has 1 N–H and O–H groups in total. The first-order chi connectivity index (χ1) is 8.70. The van der Waals surface area contributed by atoms with Crippen LogP contribution in [0.2, 0.25) is 0 Å². The Hall–Kier alpha value is -1.63. The molecule has 0 aromatic heterocycles. The number of nitrogens with zero attached hydrogens (tertiary/aromatic N) is 1. The zero-order valence-corrected chi connectivity index (χ0v) is 11.7. The zero-order chi connectivity index (χ0) is 15.0. The minimum absolute atomic E-state index is 0.266. The molecule has 19 heavy (non-hydrogen) atoms. The second-order valence-corrected chi connectivity index (χ2v) is 4.62. The third kappa shape index (κ3) is 10.0. The molecule has 0 rings (SSSR count). The fourth-order valence-corrected chi connectivity index (χ4v) is 1.32. The van der Waals surface area contributed by atoms with E-state index in [2.05, 4.69) is 0 Å².